The molecule has 1 saturated carbocycles. The largest absolute Gasteiger partial charge is 0.399 e. The molecule has 0 spiro atoms. The van der Waals surface area contributed by atoms with Gasteiger partial charge in [-0.05, 0) is 37.5 Å². The first-order valence-electron chi connectivity index (χ1n) is 6.40. The first-order chi connectivity index (χ1) is 8.78. The fraction of sp³-hybridized carbons (Fsp3) is 0.462. The van der Waals surface area contributed by atoms with Crippen molar-refractivity contribution in [3.63, 3.8) is 0 Å². The molecule has 0 atom stereocenters. The van der Waals surface area contributed by atoms with E-state index in [1.54, 1.807) is 0 Å². The summed E-state index contributed by atoms with van der Waals surface area (Å²) in [5, 5.41) is 9.18. The highest BCUT2D eigenvalue weighted by molar-refractivity contribution is 5.80. The van der Waals surface area contributed by atoms with Gasteiger partial charge in [-0.15, -0.1) is 0 Å². The molecule has 1 aliphatic carbocycles. The van der Waals surface area contributed by atoms with Crippen LogP contribution in [0.15, 0.2) is 18.2 Å². The third-order valence-corrected chi connectivity index (χ3v) is 3.62. The van der Waals surface area contributed by atoms with Crippen molar-refractivity contribution in [2.24, 2.45) is 0 Å². The van der Waals surface area contributed by atoms with Gasteiger partial charge in [0.05, 0.1) is 17.6 Å². The number of aliphatic hydroxyl groups excluding tert-OH is 1. The van der Waals surface area contributed by atoms with E-state index < -0.39 is 0 Å². The summed E-state index contributed by atoms with van der Waals surface area (Å²) in [6.07, 6.45) is 3.62. The highest BCUT2D eigenvalue weighted by Gasteiger charge is 2.26. The maximum absolute atomic E-state index is 9.18. The number of imidazole rings is 1. The lowest BCUT2D eigenvalue weighted by Crippen LogP contribution is -2.42. The van der Waals surface area contributed by atoms with Gasteiger partial charge in [0.25, 0.3) is 0 Å². The molecule has 1 aliphatic rings. The van der Waals surface area contributed by atoms with Crippen LogP contribution in [0.4, 0.5) is 11.6 Å². The smallest absolute Gasteiger partial charge is 0.204 e. The molecular weight excluding hydrogens is 228 g/mol. The molecule has 0 bridgehead atoms. The topological polar surface area (TPSA) is 78.2 Å². The molecule has 96 valence electrons. The van der Waals surface area contributed by atoms with E-state index >= 15 is 0 Å². The van der Waals surface area contributed by atoms with Crippen molar-refractivity contribution in [3.8, 4) is 0 Å². The SMILES string of the molecule is Nc1ccc2nc(N(CCO)C3CCC3)[nH]c2c1. The van der Waals surface area contributed by atoms with E-state index in [-0.39, 0.29) is 6.61 Å². The number of benzene rings is 1. The normalized spacial score (nSPS) is 15.8. The minimum Gasteiger partial charge on any atom is -0.399 e. The van der Waals surface area contributed by atoms with Crippen molar-refractivity contribution in [2.75, 3.05) is 23.8 Å². The maximum atomic E-state index is 9.18. The molecule has 1 heterocycles. The van der Waals surface area contributed by atoms with Crippen molar-refractivity contribution in [3.05, 3.63) is 18.2 Å². The molecule has 2 aromatic rings. The van der Waals surface area contributed by atoms with Crippen LogP contribution in [-0.2, 0) is 0 Å². The van der Waals surface area contributed by atoms with E-state index in [2.05, 4.69) is 14.9 Å². The number of aliphatic hydroxyl groups is 1. The van der Waals surface area contributed by atoms with Crippen LogP contribution in [0.5, 0.6) is 0 Å². The number of nitrogens with two attached hydrogens (primary N) is 1. The van der Waals surface area contributed by atoms with Crippen LogP contribution in [0.25, 0.3) is 11.0 Å². The predicted molar refractivity (Wildman–Crippen MR) is 72.6 cm³/mol. The van der Waals surface area contributed by atoms with Crippen LogP contribution in [0.3, 0.4) is 0 Å². The van der Waals surface area contributed by atoms with Gasteiger partial charge in [-0.3, -0.25) is 0 Å². The second kappa shape index (κ2) is 4.49. The Kier molecular flexibility index (Phi) is 2.83. The van der Waals surface area contributed by atoms with Crippen molar-refractivity contribution in [2.45, 2.75) is 25.3 Å². The zero-order valence-corrected chi connectivity index (χ0v) is 10.3. The van der Waals surface area contributed by atoms with Crippen LogP contribution in [0.1, 0.15) is 19.3 Å². The van der Waals surface area contributed by atoms with Gasteiger partial charge < -0.3 is 20.7 Å². The second-order valence-corrected chi connectivity index (χ2v) is 4.84. The lowest BCUT2D eigenvalue weighted by Gasteiger charge is -2.37. The van der Waals surface area contributed by atoms with Crippen LogP contribution >= 0.6 is 0 Å². The Morgan fingerprint density at radius 1 is 1.44 bits per heavy atom. The maximum Gasteiger partial charge on any atom is 0.204 e. The first kappa shape index (κ1) is 11.3. The number of hydrogen-bond donors (Lipinski definition) is 3. The molecule has 5 nitrogen and oxygen atoms in total. The molecule has 5 heteroatoms. The summed E-state index contributed by atoms with van der Waals surface area (Å²) < 4.78 is 0. The average Bonchev–Trinajstić information content (AvgIpc) is 2.68. The Bertz CT molecular complexity index is 547. The third kappa shape index (κ3) is 1.90. The van der Waals surface area contributed by atoms with Gasteiger partial charge in [-0.25, -0.2) is 4.98 Å². The molecule has 0 saturated heterocycles. The van der Waals surface area contributed by atoms with E-state index in [0.717, 1.165) is 22.7 Å². The van der Waals surface area contributed by atoms with Gasteiger partial charge in [0, 0.05) is 18.3 Å². The van der Waals surface area contributed by atoms with Gasteiger partial charge in [0.1, 0.15) is 0 Å². The molecule has 0 radical (unpaired) electrons. The molecule has 1 aromatic heterocycles. The second-order valence-electron chi connectivity index (χ2n) is 4.84. The van der Waals surface area contributed by atoms with Crippen LogP contribution < -0.4 is 10.6 Å². The van der Waals surface area contributed by atoms with Crippen LogP contribution in [0.2, 0.25) is 0 Å². The Morgan fingerprint density at radius 3 is 2.94 bits per heavy atom. The van der Waals surface area contributed by atoms with E-state index in [4.69, 9.17) is 5.73 Å². The van der Waals surface area contributed by atoms with Gasteiger partial charge in [0.15, 0.2) is 0 Å². The van der Waals surface area contributed by atoms with Crippen molar-refractivity contribution in [1.29, 1.82) is 0 Å². The molecule has 1 aromatic carbocycles. The standard InChI is InChI=1S/C13H18N4O/c14-9-4-5-11-12(8-9)16-13(15-11)17(6-7-18)10-2-1-3-10/h4-5,8,10,18H,1-3,6-7,14H2,(H,15,16). The van der Waals surface area contributed by atoms with E-state index in [1.807, 2.05) is 18.2 Å². The lowest BCUT2D eigenvalue weighted by molar-refractivity contribution is 0.282. The molecule has 0 unspecified atom stereocenters. The number of hydrogen-bond acceptors (Lipinski definition) is 4. The number of aromatic nitrogens is 2. The number of fused-ring (bicyclic) bond motifs is 1. The minimum atomic E-state index is 0.148. The first-order valence-corrected chi connectivity index (χ1v) is 6.40. The molecule has 18 heavy (non-hydrogen) atoms. The lowest BCUT2D eigenvalue weighted by atomic mass is 9.92. The number of aromatic amines is 1. The predicted octanol–water partition coefficient (Wildman–Crippen LogP) is 1.50. The number of anilines is 2. The Labute approximate surface area is 106 Å². The molecule has 1 fully saturated rings. The van der Waals surface area contributed by atoms with Gasteiger partial charge >= 0.3 is 0 Å². The average molecular weight is 246 g/mol. The van der Waals surface area contributed by atoms with Gasteiger partial charge in [0.2, 0.25) is 5.95 Å². The quantitative estimate of drug-likeness (QED) is 0.714. The highest BCUT2D eigenvalue weighted by atomic mass is 16.3. The summed E-state index contributed by atoms with van der Waals surface area (Å²) in [7, 11) is 0. The molecule has 0 amide bonds. The zero-order valence-electron chi connectivity index (χ0n) is 10.3. The summed E-state index contributed by atoms with van der Waals surface area (Å²) in [4.78, 5) is 10.0. The van der Waals surface area contributed by atoms with E-state index in [1.165, 1.54) is 19.3 Å². The number of nitrogens with one attached hydrogen (secondary N) is 1. The van der Waals surface area contributed by atoms with Crippen LogP contribution in [-0.4, -0.2) is 34.3 Å². The summed E-state index contributed by atoms with van der Waals surface area (Å²) in [6, 6.07) is 6.17. The monoisotopic (exact) mass is 246 g/mol. The highest BCUT2D eigenvalue weighted by Crippen LogP contribution is 2.29. The third-order valence-electron chi connectivity index (χ3n) is 3.62. The Hall–Kier alpha value is -1.75. The zero-order chi connectivity index (χ0) is 12.5. The fourth-order valence-corrected chi connectivity index (χ4v) is 2.42. The van der Waals surface area contributed by atoms with Gasteiger partial charge in [-0.1, -0.05) is 0 Å². The summed E-state index contributed by atoms with van der Waals surface area (Å²) in [6.45, 7) is 0.773. The Balaban J connectivity index is 1.95. The minimum absolute atomic E-state index is 0.148. The Morgan fingerprint density at radius 2 is 2.28 bits per heavy atom. The van der Waals surface area contributed by atoms with Crippen molar-refractivity contribution >= 4 is 22.7 Å². The molecular formula is C13H18N4O. The number of rotatable bonds is 4. The van der Waals surface area contributed by atoms with Crippen molar-refractivity contribution < 1.29 is 5.11 Å². The van der Waals surface area contributed by atoms with E-state index in [0.29, 0.717) is 12.6 Å². The summed E-state index contributed by atoms with van der Waals surface area (Å²) in [5.41, 5.74) is 8.36. The molecule has 0 aliphatic heterocycles. The fourth-order valence-electron chi connectivity index (χ4n) is 2.42. The number of nitrogens with zero attached hydrogens (tertiary/aromatic N) is 2. The summed E-state index contributed by atoms with van der Waals surface area (Å²) >= 11 is 0. The summed E-state index contributed by atoms with van der Waals surface area (Å²) in [5.74, 6) is 0.842. The van der Waals surface area contributed by atoms with Crippen LogP contribution in [0, 0.1) is 0 Å². The molecule has 4 N–H and O–H groups in total. The molecule has 3 rings (SSSR count). The van der Waals surface area contributed by atoms with Gasteiger partial charge in [-0.2, -0.15) is 0 Å². The van der Waals surface area contributed by atoms with Crippen molar-refractivity contribution in [1.82, 2.24) is 9.97 Å². The van der Waals surface area contributed by atoms with E-state index in [9.17, 15) is 5.11 Å². The number of H-pyrrole nitrogens is 1. The number of nitrogen functional groups attached to an aromatic ring is 1.